The summed E-state index contributed by atoms with van der Waals surface area (Å²) < 4.78 is 5.43. The summed E-state index contributed by atoms with van der Waals surface area (Å²) in [6.45, 7) is 9.17. The van der Waals surface area contributed by atoms with Gasteiger partial charge in [-0.2, -0.15) is 0 Å². The second kappa shape index (κ2) is 5.37. The predicted octanol–water partition coefficient (Wildman–Crippen LogP) is 3.30. The van der Waals surface area contributed by atoms with Crippen LogP contribution >= 0.6 is 0 Å². The molecule has 2 rings (SSSR count). The molecule has 0 aliphatic carbocycles. The van der Waals surface area contributed by atoms with Crippen LogP contribution in [0.3, 0.4) is 0 Å². The van der Waals surface area contributed by atoms with Gasteiger partial charge in [-0.05, 0) is 44.2 Å². The van der Waals surface area contributed by atoms with Crippen molar-refractivity contribution in [3.05, 3.63) is 23.2 Å². The Bertz CT molecular complexity index is 460. The number of rotatable bonds is 5. The second-order valence-corrected chi connectivity index (χ2v) is 5.70. The van der Waals surface area contributed by atoms with Crippen LogP contribution in [0, 0.1) is 12.3 Å². The standard InChI is InChI=1S/C15H23NO3/c1-4-15(5-2)6-7-16(10-15)9-12-8-11(3)13(19-12)14(17)18/h8H,4-7,9-10H2,1-3H3,(H,17,18). The summed E-state index contributed by atoms with van der Waals surface area (Å²) in [5.74, 6) is -0.147. The zero-order valence-electron chi connectivity index (χ0n) is 12.0. The van der Waals surface area contributed by atoms with Crippen molar-refractivity contribution in [1.82, 2.24) is 4.90 Å². The van der Waals surface area contributed by atoms with Gasteiger partial charge in [-0.3, -0.25) is 4.90 Å². The lowest BCUT2D eigenvalue weighted by molar-refractivity contribution is 0.0657. The molecule has 19 heavy (non-hydrogen) atoms. The van der Waals surface area contributed by atoms with Crippen LogP contribution < -0.4 is 0 Å². The predicted molar refractivity (Wildman–Crippen MR) is 73.3 cm³/mol. The highest BCUT2D eigenvalue weighted by Crippen LogP contribution is 2.37. The van der Waals surface area contributed by atoms with Crippen molar-refractivity contribution in [3.8, 4) is 0 Å². The zero-order chi connectivity index (χ0) is 14.0. The molecular weight excluding hydrogens is 242 g/mol. The monoisotopic (exact) mass is 265 g/mol. The minimum atomic E-state index is -0.985. The first-order valence-electron chi connectivity index (χ1n) is 7.04. The quantitative estimate of drug-likeness (QED) is 0.887. The molecule has 1 aromatic rings. The lowest BCUT2D eigenvalue weighted by Crippen LogP contribution is -2.25. The van der Waals surface area contributed by atoms with Crippen molar-refractivity contribution in [2.24, 2.45) is 5.41 Å². The fourth-order valence-corrected chi connectivity index (χ4v) is 3.05. The molecule has 106 valence electrons. The Hall–Kier alpha value is -1.29. The third-order valence-electron chi connectivity index (χ3n) is 4.56. The van der Waals surface area contributed by atoms with Crippen molar-refractivity contribution >= 4 is 5.97 Å². The summed E-state index contributed by atoms with van der Waals surface area (Å²) in [4.78, 5) is 13.3. The number of aryl methyl sites for hydroxylation is 1. The minimum Gasteiger partial charge on any atom is -0.475 e. The Morgan fingerprint density at radius 1 is 1.47 bits per heavy atom. The van der Waals surface area contributed by atoms with E-state index in [1.54, 1.807) is 6.92 Å². The first-order chi connectivity index (χ1) is 8.99. The van der Waals surface area contributed by atoms with E-state index in [-0.39, 0.29) is 5.76 Å². The van der Waals surface area contributed by atoms with Gasteiger partial charge in [0.25, 0.3) is 0 Å². The SMILES string of the molecule is CCC1(CC)CCN(Cc2cc(C)c(C(=O)O)o2)C1. The van der Waals surface area contributed by atoms with Gasteiger partial charge in [0.05, 0.1) is 6.54 Å². The number of hydrogen-bond donors (Lipinski definition) is 1. The highest BCUT2D eigenvalue weighted by Gasteiger charge is 2.35. The van der Waals surface area contributed by atoms with Crippen LogP contribution in [-0.4, -0.2) is 29.1 Å². The van der Waals surface area contributed by atoms with E-state index in [9.17, 15) is 4.79 Å². The number of carboxylic acids is 1. The Balaban J connectivity index is 2.03. The number of aromatic carboxylic acids is 1. The van der Waals surface area contributed by atoms with Crippen LogP contribution in [0.5, 0.6) is 0 Å². The van der Waals surface area contributed by atoms with Crippen molar-refractivity contribution in [3.63, 3.8) is 0 Å². The average Bonchev–Trinajstić information content (AvgIpc) is 2.94. The third kappa shape index (κ3) is 2.84. The van der Waals surface area contributed by atoms with Crippen molar-refractivity contribution in [2.75, 3.05) is 13.1 Å². The van der Waals surface area contributed by atoms with Gasteiger partial charge in [0.1, 0.15) is 5.76 Å². The molecule has 0 bridgehead atoms. The molecule has 0 unspecified atom stereocenters. The fraction of sp³-hybridized carbons (Fsp3) is 0.667. The van der Waals surface area contributed by atoms with E-state index in [1.165, 1.54) is 19.3 Å². The number of hydrogen-bond acceptors (Lipinski definition) is 3. The van der Waals surface area contributed by atoms with E-state index >= 15 is 0 Å². The lowest BCUT2D eigenvalue weighted by atomic mass is 9.82. The van der Waals surface area contributed by atoms with Gasteiger partial charge in [0.2, 0.25) is 5.76 Å². The average molecular weight is 265 g/mol. The van der Waals surface area contributed by atoms with Crippen molar-refractivity contribution < 1.29 is 14.3 Å². The molecule has 1 aliphatic rings. The first-order valence-corrected chi connectivity index (χ1v) is 7.04. The number of nitrogens with zero attached hydrogens (tertiary/aromatic N) is 1. The molecule has 1 fully saturated rings. The number of carbonyl (C=O) groups is 1. The maximum absolute atomic E-state index is 11.0. The first kappa shape index (κ1) is 14.1. The molecule has 0 spiro atoms. The van der Waals surface area contributed by atoms with Gasteiger partial charge in [-0.25, -0.2) is 4.79 Å². The second-order valence-electron chi connectivity index (χ2n) is 5.70. The summed E-state index contributed by atoms with van der Waals surface area (Å²) in [7, 11) is 0. The normalized spacial score (nSPS) is 18.9. The smallest absolute Gasteiger partial charge is 0.372 e. The Morgan fingerprint density at radius 2 is 2.16 bits per heavy atom. The number of furan rings is 1. The Labute approximate surface area is 114 Å². The van der Waals surface area contributed by atoms with Crippen LogP contribution in [0.2, 0.25) is 0 Å². The fourth-order valence-electron chi connectivity index (χ4n) is 3.05. The molecule has 0 aromatic carbocycles. The molecule has 2 heterocycles. The van der Waals surface area contributed by atoms with Gasteiger partial charge in [-0.1, -0.05) is 13.8 Å². The molecule has 0 radical (unpaired) electrons. The molecule has 1 aromatic heterocycles. The van der Waals surface area contributed by atoms with E-state index in [0.717, 1.165) is 25.4 Å². The van der Waals surface area contributed by atoms with E-state index in [1.807, 2.05) is 6.07 Å². The molecule has 1 aliphatic heterocycles. The molecule has 1 N–H and O–H groups in total. The molecular formula is C15H23NO3. The highest BCUT2D eigenvalue weighted by molar-refractivity contribution is 5.86. The number of likely N-dealkylation sites (tertiary alicyclic amines) is 1. The lowest BCUT2D eigenvalue weighted by Gasteiger charge is -2.26. The van der Waals surface area contributed by atoms with Gasteiger partial charge in [0, 0.05) is 12.1 Å². The molecule has 0 amide bonds. The van der Waals surface area contributed by atoms with Crippen molar-refractivity contribution in [2.45, 2.75) is 46.6 Å². The van der Waals surface area contributed by atoms with Gasteiger partial charge in [-0.15, -0.1) is 0 Å². The van der Waals surface area contributed by atoms with E-state index in [2.05, 4.69) is 18.7 Å². The molecule has 1 saturated heterocycles. The zero-order valence-corrected chi connectivity index (χ0v) is 12.0. The van der Waals surface area contributed by atoms with E-state index in [0.29, 0.717) is 11.0 Å². The maximum atomic E-state index is 11.0. The van der Waals surface area contributed by atoms with E-state index < -0.39 is 5.97 Å². The van der Waals surface area contributed by atoms with Crippen LogP contribution in [0.4, 0.5) is 0 Å². The largest absolute Gasteiger partial charge is 0.475 e. The van der Waals surface area contributed by atoms with Gasteiger partial charge < -0.3 is 9.52 Å². The molecule has 4 nitrogen and oxygen atoms in total. The van der Waals surface area contributed by atoms with Gasteiger partial charge >= 0.3 is 5.97 Å². The summed E-state index contributed by atoms with van der Waals surface area (Å²) in [6.07, 6.45) is 3.64. The van der Waals surface area contributed by atoms with Crippen LogP contribution in [0.15, 0.2) is 10.5 Å². The molecule has 4 heteroatoms. The summed E-state index contributed by atoms with van der Waals surface area (Å²) in [6, 6.07) is 1.85. The van der Waals surface area contributed by atoms with Gasteiger partial charge in [0.15, 0.2) is 0 Å². The summed E-state index contributed by atoms with van der Waals surface area (Å²) in [5, 5.41) is 8.99. The topological polar surface area (TPSA) is 53.7 Å². The molecule has 0 atom stereocenters. The highest BCUT2D eigenvalue weighted by atomic mass is 16.4. The van der Waals surface area contributed by atoms with Crippen LogP contribution in [0.25, 0.3) is 0 Å². The summed E-state index contributed by atoms with van der Waals surface area (Å²) >= 11 is 0. The molecule has 0 saturated carbocycles. The minimum absolute atomic E-state index is 0.0754. The van der Waals surface area contributed by atoms with E-state index in [4.69, 9.17) is 9.52 Å². The number of carboxylic acid groups (broad SMARTS) is 1. The van der Waals surface area contributed by atoms with Crippen molar-refractivity contribution in [1.29, 1.82) is 0 Å². The Morgan fingerprint density at radius 3 is 2.63 bits per heavy atom. The Kier molecular flexibility index (Phi) is 3.99. The summed E-state index contributed by atoms with van der Waals surface area (Å²) in [5.41, 5.74) is 1.15. The third-order valence-corrected chi connectivity index (χ3v) is 4.56. The van der Waals surface area contributed by atoms with Crippen LogP contribution in [0.1, 0.15) is 55.0 Å². The maximum Gasteiger partial charge on any atom is 0.372 e. The van der Waals surface area contributed by atoms with Crippen LogP contribution in [-0.2, 0) is 6.54 Å².